The molecule has 274 valence electrons. The summed E-state index contributed by atoms with van der Waals surface area (Å²) in [5, 5.41) is 12.5. The molecule has 2 heterocycles. The van der Waals surface area contributed by atoms with Crippen LogP contribution in [-0.4, -0.2) is 76.1 Å². The molecule has 0 bridgehead atoms. The zero-order valence-corrected chi connectivity index (χ0v) is 29.4. The first-order valence-electron chi connectivity index (χ1n) is 17.7. The summed E-state index contributed by atoms with van der Waals surface area (Å²) in [7, 11) is -3.05. The highest BCUT2D eigenvalue weighted by atomic mass is 31.1. The Kier molecular flexibility index (Phi) is 22.1. The molecule has 1 aliphatic rings. The van der Waals surface area contributed by atoms with Gasteiger partial charge in [0.25, 0.3) is 11.5 Å². The Morgan fingerprint density at radius 3 is 2.12 bits per heavy atom. The Bertz CT molecular complexity index is 1180. The number of amides is 1. The van der Waals surface area contributed by atoms with Crippen LogP contribution in [0.1, 0.15) is 129 Å². The van der Waals surface area contributed by atoms with E-state index in [2.05, 4.69) is 17.2 Å². The largest absolute Gasteiger partial charge is 0.695 e. The first-order chi connectivity index (χ1) is 23.3. The Hall–Kier alpha value is -2.48. The van der Waals surface area contributed by atoms with Gasteiger partial charge >= 0.3 is 19.9 Å². The van der Waals surface area contributed by atoms with E-state index >= 15 is 0 Å². The quantitative estimate of drug-likeness (QED) is 0.0544. The number of unbranched alkanes of at least 4 members (excludes halogenated alkanes) is 15. The normalized spacial score (nSPS) is 19.4. The standard InChI is InChI=1S/C33H56N3O11P/c1-2-3-4-5-6-7-8-9-10-11-12-13-16-19-29(40)45-25-28(39)34-21-17-14-15-18-23-44-31-30(47-48(42)43)26(24-37)46-32(31)36-22-20-27(38)35-33(36)41/h20,22,26,30-32,37H,2-19,21,23-25H2,1H3,(H2-,34,35,38,39,41,42,43)/p+1/t26-,30?,31?,32-/m1/s1. The third-order valence-corrected chi connectivity index (χ3v) is 8.78. The fourth-order valence-corrected chi connectivity index (χ4v) is 6.16. The molecule has 0 saturated carbocycles. The van der Waals surface area contributed by atoms with E-state index in [1.165, 1.54) is 70.4 Å². The summed E-state index contributed by atoms with van der Waals surface area (Å²) in [6.45, 7) is 2.04. The van der Waals surface area contributed by atoms with Crippen LogP contribution in [0.15, 0.2) is 21.9 Å². The smallest absolute Gasteiger partial charge is 0.456 e. The molecule has 1 aromatic rings. The average Bonchev–Trinajstić information content (AvgIpc) is 3.39. The lowest BCUT2D eigenvalue weighted by molar-refractivity contribution is -0.148. The number of H-pyrrole nitrogens is 1. The van der Waals surface area contributed by atoms with Crippen molar-refractivity contribution in [2.75, 3.05) is 26.4 Å². The van der Waals surface area contributed by atoms with Gasteiger partial charge < -0.3 is 24.6 Å². The fourth-order valence-electron chi connectivity index (χ4n) is 5.70. The summed E-state index contributed by atoms with van der Waals surface area (Å²) in [6, 6.07) is 1.13. The third kappa shape index (κ3) is 17.3. The molecule has 4 N–H and O–H groups in total. The molecule has 5 atom stereocenters. The molecule has 1 amide bonds. The van der Waals surface area contributed by atoms with Crippen LogP contribution < -0.4 is 16.6 Å². The summed E-state index contributed by atoms with van der Waals surface area (Å²) < 4.78 is 34.2. The van der Waals surface area contributed by atoms with Crippen LogP contribution in [0.25, 0.3) is 0 Å². The lowest BCUT2D eigenvalue weighted by Crippen LogP contribution is -2.40. The number of esters is 1. The number of nitrogens with zero attached hydrogens (tertiary/aromatic N) is 1. The van der Waals surface area contributed by atoms with E-state index in [0.717, 1.165) is 42.7 Å². The molecular formula is C33H57N3O11P+. The molecular weight excluding hydrogens is 645 g/mol. The molecule has 1 saturated heterocycles. The molecule has 1 aromatic heterocycles. The predicted molar refractivity (Wildman–Crippen MR) is 180 cm³/mol. The minimum absolute atomic E-state index is 0.199. The number of carbonyl (C=O) groups is 2. The number of aromatic amines is 1. The lowest BCUT2D eigenvalue weighted by Gasteiger charge is -2.22. The first-order valence-corrected chi connectivity index (χ1v) is 18.8. The van der Waals surface area contributed by atoms with Crippen LogP contribution in [0.2, 0.25) is 0 Å². The van der Waals surface area contributed by atoms with Crippen LogP contribution in [0.5, 0.6) is 0 Å². The van der Waals surface area contributed by atoms with E-state index in [9.17, 15) is 33.7 Å². The van der Waals surface area contributed by atoms with Crippen molar-refractivity contribution in [2.45, 2.75) is 147 Å². The summed E-state index contributed by atoms with van der Waals surface area (Å²) in [5.74, 6) is -0.689. The number of aromatic nitrogens is 2. The van der Waals surface area contributed by atoms with Gasteiger partial charge in [-0.2, -0.15) is 0 Å². The summed E-state index contributed by atoms with van der Waals surface area (Å²) >= 11 is 0. The van der Waals surface area contributed by atoms with E-state index in [1.54, 1.807) is 0 Å². The van der Waals surface area contributed by atoms with Crippen molar-refractivity contribution >= 4 is 20.1 Å². The van der Waals surface area contributed by atoms with Gasteiger partial charge in [0.2, 0.25) is 0 Å². The number of hydrogen-bond donors (Lipinski definition) is 4. The minimum atomic E-state index is -3.05. The van der Waals surface area contributed by atoms with Crippen LogP contribution >= 0.6 is 8.25 Å². The van der Waals surface area contributed by atoms with Gasteiger partial charge in [0, 0.05) is 36.4 Å². The van der Waals surface area contributed by atoms with E-state index < -0.39 is 50.7 Å². The summed E-state index contributed by atoms with van der Waals surface area (Å²) in [4.78, 5) is 59.2. The molecule has 3 unspecified atom stereocenters. The predicted octanol–water partition coefficient (Wildman–Crippen LogP) is 4.55. The second kappa shape index (κ2) is 25.5. The van der Waals surface area contributed by atoms with Crippen molar-refractivity contribution in [1.82, 2.24) is 14.9 Å². The van der Waals surface area contributed by atoms with E-state index in [1.807, 2.05) is 0 Å². The molecule has 2 rings (SSSR count). The number of nitrogens with one attached hydrogen (secondary N) is 2. The maximum atomic E-state index is 12.3. The second-order valence-corrected chi connectivity index (χ2v) is 13.0. The van der Waals surface area contributed by atoms with Crippen molar-refractivity contribution in [3.63, 3.8) is 0 Å². The summed E-state index contributed by atoms with van der Waals surface area (Å²) in [6.07, 6.45) is 16.1. The number of hydrogen-bond acceptors (Lipinski definition) is 10. The first kappa shape index (κ1) is 41.7. The lowest BCUT2D eigenvalue weighted by atomic mass is 10.0. The minimum Gasteiger partial charge on any atom is -0.456 e. The zero-order chi connectivity index (χ0) is 35.0. The van der Waals surface area contributed by atoms with Gasteiger partial charge in [-0.05, 0) is 19.3 Å². The van der Waals surface area contributed by atoms with Gasteiger partial charge in [-0.3, -0.25) is 23.9 Å². The number of ether oxygens (including phenoxy) is 3. The molecule has 15 heteroatoms. The molecule has 0 spiro atoms. The van der Waals surface area contributed by atoms with Crippen molar-refractivity contribution in [3.05, 3.63) is 33.1 Å². The molecule has 0 aromatic carbocycles. The highest BCUT2D eigenvalue weighted by Gasteiger charge is 2.51. The van der Waals surface area contributed by atoms with Crippen LogP contribution in [0.3, 0.4) is 0 Å². The zero-order valence-electron chi connectivity index (χ0n) is 28.5. The van der Waals surface area contributed by atoms with Gasteiger partial charge in [0.05, 0.1) is 6.61 Å². The van der Waals surface area contributed by atoms with Crippen molar-refractivity contribution < 1.29 is 42.9 Å². The molecule has 1 aliphatic heterocycles. The van der Waals surface area contributed by atoms with Gasteiger partial charge in [-0.1, -0.05) is 96.8 Å². The van der Waals surface area contributed by atoms with Gasteiger partial charge in [-0.15, -0.1) is 9.42 Å². The highest BCUT2D eigenvalue weighted by molar-refractivity contribution is 7.32. The monoisotopic (exact) mass is 702 g/mol. The van der Waals surface area contributed by atoms with E-state index in [4.69, 9.17) is 18.7 Å². The van der Waals surface area contributed by atoms with Gasteiger partial charge in [-0.25, -0.2) is 4.79 Å². The SMILES string of the molecule is CCCCCCCCCCCCCCCC(=O)OCC(=O)NCCCCCCOC1C(O[P+](=O)O)[C@@H](CO)O[C@H]1n1ccc(=O)[nH]c1=O. The van der Waals surface area contributed by atoms with Gasteiger partial charge in [0.15, 0.2) is 18.9 Å². The number of aliphatic hydroxyl groups is 1. The third-order valence-electron chi connectivity index (χ3n) is 8.35. The van der Waals surface area contributed by atoms with Crippen molar-refractivity contribution in [2.24, 2.45) is 0 Å². The Morgan fingerprint density at radius 1 is 0.917 bits per heavy atom. The molecule has 1 fully saturated rings. The highest BCUT2D eigenvalue weighted by Crippen LogP contribution is 2.37. The second-order valence-electron chi connectivity index (χ2n) is 12.3. The molecule has 0 radical (unpaired) electrons. The van der Waals surface area contributed by atoms with Crippen molar-refractivity contribution in [3.8, 4) is 0 Å². The number of aliphatic hydroxyl groups excluding tert-OH is 1. The maximum Gasteiger partial charge on any atom is 0.695 e. The molecule has 48 heavy (non-hydrogen) atoms. The average molecular weight is 703 g/mol. The Balaban J connectivity index is 1.52. The Morgan fingerprint density at radius 2 is 1.52 bits per heavy atom. The maximum absolute atomic E-state index is 12.3. The summed E-state index contributed by atoms with van der Waals surface area (Å²) in [5.41, 5.74) is -1.37. The van der Waals surface area contributed by atoms with Gasteiger partial charge in [0.1, 0.15) is 12.2 Å². The number of carbonyl (C=O) groups excluding carboxylic acids is 2. The molecule has 0 aliphatic carbocycles. The topological polar surface area (TPSA) is 195 Å². The van der Waals surface area contributed by atoms with Crippen molar-refractivity contribution in [1.29, 1.82) is 0 Å². The van der Waals surface area contributed by atoms with Crippen LogP contribution in [0.4, 0.5) is 0 Å². The van der Waals surface area contributed by atoms with E-state index in [-0.39, 0.29) is 25.1 Å². The van der Waals surface area contributed by atoms with Crippen LogP contribution in [-0.2, 0) is 32.9 Å². The van der Waals surface area contributed by atoms with Crippen LogP contribution in [0, 0.1) is 0 Å². The molecule has 14 nitrogen and oxygen atoms in total. The number of rotatable bonds is 28. The fraction of sp³-hybridized carbons (Fsp3) is 0.818. The van der Waals surface area contributed by atoms with E-state index in [0.29, 0.717) is 25.8 Å². The Labute approximate surface area is 284 Å².